The third kappa shape index (κ3) is 5.74. The summed E-state index contributed by atoms with van der Waals surface area (Å²) in [6.45, 7) is 5.13. The summed E-state index contributed by atoms with van der Waals surface area (Å²) in [6.07, 6.45) is 2.03. The van der Waals surface area contributed by atoms with Crippen LogP contribution in [0.3, 0.4) is 0 Å². The van der Waals surface area contributed by atoms with Crippen molar-refractivity contribution in [2.24, 2.45) is 0 Å². The van der Waals surface area contributed by atoms with Gasteiger partial charge in [-0.25, -0.2) is 0 Å². The predicted molar refractivity (Wildman–Crippen MR) is 95.8 cm³/mol. The number of likely N-dealkylation sites (N-methyl/N-ethyl adjacent to an activating group) is 1. The molecule has 6 nitrogen and oxygen atoms in total. The highest BCUT2D eigenvalue weighted by Crippen LogP contribution is 2.19. The molecule has 1 aromatic carbocycles. The van der Waals surface area contributed by atoms with Crippen LogP contribution in [0.25, 0.3) is 0 Å². The first-order valence-electron chi connectivity index (χ1n) is 8.81. The molecule has 138 valence electrons. The van der Waals surface area contributed by atoms with Gasteiger partial charge in [0.1, 0.15) is 5.75 Å². The smallest absolute Gasteiger partial charge is 0.317 e. The van der Waals surface area contributed by atoms with Crippen molar-refractivity contribution in [1.82, 2.24) is 9.80 Å². The van der Waals surface area contributed by atoms with E-state index in [1.807, 2.05) is 48.0 Å². The van der Waals surface area contributed by atoms with Crippen LogP contribution in [0.1, 0.15) is 31.7 Å². The van der Waals surface area contributed by atoms with Gasteiger partial charge in [0.25, 0.3) is 5.91 Å². The number of aliphatic carboxylic acids is 1. The summed E-state index contributed by atoms with van der Waals surface area (Å²) in [6, 6.07) is 7.87. The van der Waals surface area contributed by atoms with Crippen molar-refractivity contribution < 1.29 is 19.4 Å². The van der Waals surface area contributed by atoms with Gasteiger partial charge in [-0.1, -0.05) is 12.1 Å². The first-order chi connectivity index (χ1) is 11.9. The van der Waals surface area contributed by atoms with Gasteiger partial charge in [0, 0.05) is 19.1 Å². The van der Waals surface area contributed by atoms with Gasteiger partial charge in [-0.3, -0.25) is 14.5 Å². The van der Waals surface area contributed by atoms with Crippen LogP contribution < -0.4 is 4.74 Å². The van der Waals surface area contributed by atoms with E-state index >= 15 is 0 Å². The van der Waals surface area contributed by atoms with E-state index < -0.39 is 12.1 Å². The van der Waals surface area contributed by atoms with Crippen molar-refractivity contribution in [2.75, 3.05) is 26.7 Å². The second kappa shape index (κ2) is 8.85. The molecule has 1 aromatic rings. The van der Waals surface area contributed by atoms with Gasteiger partial charge < -0.3 is 14.7 Å². The molecule has 6 heteroatoms. The van der Waals surface area contributed by atoms with E-state index in [0.29, 0.717) is 18.8 Å². The van der Waals surface area contributed by atoms with Gasteiger partial charge in [-0.2, -0.15) is 0 Å². The van der Waals surface area contributed by atoms with Gasteiger partial charge in [-0.05, 0) is 57.9 Å². The number of carbonyl (C=O) groups excluding carboxylic acids is 1. The quantitative estimate of drug-likeness (QED) is 0.853. The molecule has 0 spiro atoms. The third-order valence-electron chi connectivity index (χ3n) is 4.67. The second-order valence-corrected chi connectivity index (χ2v) is 6.80. The molecule has 1 saturated heterocycles. The van der Waals surface area contributed by atoms with E-state index in [4.69, 9.17) is 9.84 Å². The third-order valence-corrected chi connectivity index (χ3v) is 4.67. The molecular weight excluding hydrogens is 320 g/mol. The van der Waals surface area contributed by atoms with E-state index in [-0.39, 0.29) is 18.5 Å². The average Bonchev–Trinajstić information content (AvgIpc) is 2.79. The van der Waals surface area contributed by atoms with Crippen molar-refractivity contribution in [3.63, 3.8) is 0 Å². The van der Waals surface area contributed by atoms with Crippen LogP contribution in [0.15, 0.2) is 24.3 Å². The zero-order chi connectivity index (χ0) is 18.4. The maximum atomic E-state index is 12.7. The second-order valence-electron chi connectivity index (χ2n) is 6.80. The van der Waals surface area contributed by atoms with E-state index in [0.717, 1.165) is 24.8 Å². The average molecular weight is 348 g/mol. The van der Waals surface area contributed by atoms with Crippen LogP contribution in [0.2, 0.25) is 0 Å². The predicted octanol–water partition coefficient (Wildman–Crippen LogP) is 2.16. The molecule has 0 aromatic heterocycles. The molecule has 0 aliphatic carbocycles. The Hall–Kier alpha value is -2.08. The standard InChI is InChI=1S/C19H28N2O4/c1-14-6-4-8-17(12-14)25-15(2)19(24)21-10-5-7-16(9-11-21)20(3)13-18(22)23/h4,6,8,12,15-16H,5,7,9-11,13H2,1-3H3,(H,22,23)/t15-,16-/m0/s1. The molecule has 2 rings (SSSR count). The lowest BCUT2D eigenvalue weighted by Gasteiger charge is -2.26. The minimum Gasteiger partial charge on any atom is -0.481 e. The number of carbonyl (C=O) groups is 2. The fraction of sp³-hybridized carbons (Fsp3) is 0.579. The molecule has 1 aliphatic rings. The maximum absolute atomic E-state index is 12.7. The van der Waals surface area contributed by atoms with E-state index in [1.54, 1.807) is 6.92 Å². The normalized spacial score (nSPS) is 19.4. The molecule has 1 amide bonds. The van der Waals surface area contributed by atoms with E-state index in [1.165, 1.54) is 0 Å². The number of aryl methyl sites for hydroxylation is 1. The van der Waals surface area contributed by atoms with Crippen LogP contribution in [0, 0.1) is 6.92 Å². The molecule has 0 saturated carbocycles. The maximum Gasteiger partial charge on any atom is 0.317 e. The van der Waals surface area contributed by atoms with Crippen LogP contribution in [-0.4, -0.2) is 65.6 Å². The highest BCUT2D eigenvalue weighted by Gasteiger charge is 2.27. The summed E-state index contributed by atoms with van der Waals surface area (Å²) in [5, 5.41) is 8.93. The van der Waals surface area contributed by atoms with E-state index in [2.05, 4.69) is 0 Å². The summed E-state index contributed by atoms with van der Waals surface area (Å²) in [7, 11) is 1.83. The first kappa shape index (κ1) is 19.2. The SMILES string of the molecule is Cc1cccc(O[C@@H](C)C(=O)N2CCC[C@H](N(C)CC(=O)O)CC2)c1. The van der Waals surface area contributed by atoms with Gasteiger partial charge in [-0.15, -0.1) is 0 Å². The molecule has 1 fully saturated rings. The lowest BCUT2D eigenvalue weighted by Crippen LogP contribution is -2.42. The lowest BCUT2D eigenvalue weighted by molar-refractivity contribution is -0.139. The zero-order valence-electron chi connectivity index (χ0n) is 15.3. The van der Waals surface area contributed by atoms with Crippen molar-refractivity contribution in [1.29, 1.82) is 0 Å². The van der Waals surface area contributed by atoms with Crippen molar-refractivity contribution in [3.05, 3.63) is 29.8 Å². The fourth-order valence-electron chi connectivity index (χ4n) is 3.28. The Bertz CT molecular complexity index is 605. The number of nitrogens with zero attached hydrogens (tertiary/aromatic N) is 2. The summed E-state index contributed by atoms with van der Waals surface area (Å²) in [4.78, 5) is 27.3. The Labute approximate surface area is 149 Å². The molecule has 0 unspecified atom stereocenters. The fourth-order valence-corrected chi connectivity index (χ4v) is 3.28. The molecule has 1 aliphatic heterocycles. The number of carboxylic acids is 1. The number of benzene rings is 1. The topological polar surface area (TPSA) is 70.1 Å². The van der Waals surface area contributed by atoms with Crippen LogP contribution >= 0.6 is 0 Å². The molecule has 1 N–H and O–H groups in total. The molecule has 2 atom stereocenters. The summed E-state index contributed by atoms with van der Waals surface area (Å²) in [5.74, 6) is -0.127. The number of amides is 1. The minimum atomic E-state index is -0.820. The Morgan fingerprint density at radius 2 is 2.12 bits per heavy atom. The molecular formula is C19H28N2O4. The van der Waals surface area contributed by atoms with Crippen molar-refractivity contribution >= 4 is 11.9 Å². The first-order valence-corrected chi connectivity index (χ1v) is 8.81. The van der Waals surface area contributed by atoms with Crippen LogP contribution in [0.4, 0.5) is 0 Å². The summed E-state index contributed by atoms with van der Waals surface area (Å²) < 4.78 is 5.80. The molecule has 0 bridgehead atoms. The number of hydrogen-bond acceptors (Lipinski definition) is 4. The van der Waals surface area contributed by atoms with Gasteiger partial charge in [0.05, 0.1) is 6.54 Å². The molecule has 0 radical (unpaired) electrons. The van der Waals surface area contributed by atoms with Crippen molar-refractivity contribution in [3.8, 4) is 5.75 Å². The van der Waals surface area contributed by atoms with Gasteiger partial charge >= 0.3 is 5.97 Å². The molecule has 1 heterocycles. The van der Waals surface area contributed by atoms with Crippen molar-refractivity contribution in [2.45, 2.75) is 45.3 Å². The van der Waals surface area contributed by atoms with Gasteiger partial charge in [0.2, 0.25) is 0 Å². The Morgan fingerprint density at radius 3 is 2.80 bits per heavy atom. The summed E-state index contributed by atoms with van der Waals surface area (Å²) in [5.41, 5.74) is 1.09. The number of rotatable bonds is 6. The Morgan fingerprint density at radius 1 is 1.36 bits per heavy atom. The number of hydrogen-bond donors (Lipinski definition) is 1. The van der Waals surface area contributed by atoms with E-state index in [9.17, 15) is 9.59 Å². The number of ether oxygens (including phenoxy) is 1. The largest absolute Gasteiger partial charge is 0.481 e. The highest BCUT2D eigenvalue weighted by molar-refractivity contribution is 5.81. The summed E-state index contributed by atoms with van der Waals surface area (Å²) >= 11 is 0. The minimum absolute atomic E-state index is 0.0111. The van der Waals surface area contributed by atoms with Crippen LogP contribution in [-0.2, 0) is 9.59 Å². The molecule has 25 heavy (non-hydrogen) atoms. The van der Waals surface area contributed by atoms with Gasteiger partial charge in [0.15, 0.2) is 6.10 Å². The number of carboxylic acid groups (broad SMARTS) is 1. The number of likely N-dealkylation sites (tertiary alicyclic amines) is 1. The highest BCUT2D eigenvalue weighted by atomic mass is 16.5. The van der Waals surface area contributed by atoms with Crippen LogP contribution in [0.5, 0.6) is 5.75 Å². The Balaban J connectivity index is 1.90. The monoisotopic (exact) mass is 348 g/mol. The zero-order valence-corrected chi connectivity index (χ0v) is 15.3. The lowest BCUT2D eigenvalue weighted by atomic mass is 10.1. The Kier molecular flexibility index (Phi) is 6.82.